The molecule has 0 radical (unpaired) electrons. The summed E-state index contributed by atoms with van der Waals surface area (Å²) in [5.74, 6) is -0.0784. The lowest BCUT2D eigenvalue weighted by Gasteiger charge is -2.67. The second-order valence-electron chi connectivity index (χ2n) is 13.4. The summed E-state index contributed by atoms with van der Waals surface area (Å²) >= 11 is 0. The Labute approximate surface area is 207 Å². The molecule has 194 valence electrons. The van der Waals surface area contributed by atoms with Gasteiger partial charge < -0.3 is 15.3 Å². The van der Waals surface area contributed by atoms with Gasteiger partial charge in [0, 0.05) is 6.42 Å². The maximum absolute atomic E-state index is 11.7. The van der Waals surface area contributed by atoms with E-state index in [4.69, 9.17) is 0 Å². The first-order chi connectivity index (χ1) is 15.6. The predicted octanol–water partition coefficient (Wildman–Crippen LogP) is 6.76. The van der Waals surface area contributed by atoms with Crippen LogP contribution in [0.1, 0.15) is 106 Å². The molecule has 0 amide bonds. The molecular weight excluding hydrogens is 424 g/mol. The van der Waals surface area contributed by atoms with Gasteiger partial charge in [-0.15, -0.1) is 0 Å². The van der Waals surface area contributed by atoms with E-state index in [1.54, 1.807) is 0 Å². The third-order valence-corrected chi connectivity index (χ3v) is 11.1. The number of carboxylic acid groups (broad SMARTS) is 1. The Hall–Kier alpha value is -1.13. The summed E-state index contributed by atoms with van der Waals surface area (Å²) in [6.45, 7) is 19.6. The van der Waals surface area contributed by atoms with E-state index >= 15 is 0 Å². The standard InChI is InChI=1S/C30H50O4/c1-19(2)10-9-14-30(8,34)22-12-17-29(7)26(22)23(31)18-24-27(5,15-13-25(32)33)21(20(3)4)11-16-28(24,29)6/h10,21-24,26,31,34H,3,9,11-18H2,1-2,4-8H3,(H,32,33). The molecule has 9 unspecified atom stereocenters. The fraction of sp³-hybridized carbons (Fsp3) is 0.833. The van der Waals surface area contributed by atoms with Crippen molar-refractivity contribution in [3.05, 3.63) is 23.8 Å². The predicted molar refractivity (Wildman–Crippen MR) is 138 cm³/mol. The van der Waals surface area contributed by atoms with Crippen LogP contribution in [-0.2, 0) is 4.79 Å². The van der Waals surface area contributed by atoms with Crippen LogP contribution in [0.2, 0.25) is 0 Å². The quantitative estimate of drug-likeness (QED) is 0.340. The third kappa shape index (κ3) is 4.43. The van der Waals surface area contributed by atoms with Gasteiger partial charge in [-0.05, 0) is 119 Å². The monoisotopic (exact) mass is 474 g/mol. The van der Waals surface area contributed by atoms with E-state index in [9.17, 15) is 20.1 Å². The summed E-state index contributed by atoms with van der Waals surface area (Å²) in [4.78, 5) is 11.6. The van der Waals surface area contributed by atoms with E-state index < -0.39 is 17.7 Å². The molecule has 0 aromatic rings. The van der Waals surface area contributed by atoms with Crippen molar-refractivity contribution >= 4 is 5.97 Å². The normalized spacial score (nSPS) is 43.4. The van der Waals surface area contributed by atoms with E-state index in [2.05, 4.69) is 54.2 Å². The number of allylic oxidation sites excluding steroid dienone is 3. The van der Waals surface area contributed by atoms with Gasteiger partial charge in [-0.25, -0.2) is 0 Å². The number of rotatable bonds is 8. The van der Waals surface area contributed by atoms with Crippen LogP contribution in [-0.4, -0.2) is 33.0 Å². The maximum atomic E-state index is 11.7. The van der Waals surface area contributed by atoms with Crippen LogP contribution >= 0.6 is 0 Å². The van der Waals surface area contributed by atoms with E-state index in [1.165, 1.54) is 5.57 Å². The topological polar surface area (TPSA) is 77.8 Å². The smallest absolute Gasteiger partial charge is 0.303 e. The summed E-state index contributed by atoms with van der Waals surface area (Å²) in [6.07, 6.45) is 8.83. The van der Waals surface area contributed by atoms with Crippen LogP contribution in [0.5, 0.6) is 0 Å². The average Bonchev–Trinajstić information content (AvgIpc) is 3.09. The molecule has 9 atom stereocenters. The molecule has 0 aromatic heterocycles. The SMILES string of the molecule is C=C(C)C1CCC2(C)C(CC(O)C3C(C(C)(O)CCC=C(C)C)CCC32C)C1(C)CCC(=O)O. The maximum Gasteiger partial charge on any atom is 0.303 e. The molecule has 0 heterocycles. The molecule has 0 bridgehead atoms. The van der Waals surface area contributed by atoms with Gasteiger partial charge in [-0.2, -0.15) is 0 Å². The van der Waals surface area contributed by atoms with Gasteiger partial charge >= 0.3 is 5.97 Å². The molecule has 4 nitrogen and oxygen atoms in total. The van der Waals surface area contributed by atoms with Crippen molar-refractivity contribution in [2.24, 2.45) is 39.9 Å². The summed E-state index contributed by atoms with van der Waals surface area (Å²) in [5.41, 5.74) is 1.33. The molecule has 34 heavy (non-hydrogen) atoms. The number of aliphatic carboxylic acids is 1. The summed E-state index contributed by atoms with van der Waals surface area (Å²) in [7, 11) is 0. The van der Waals surface area contributed by atoms with Gasteiger partial charge in [-0.1, -0.05) is 44.6 Å². The largest absolute Gasteiger partial charge is 0.481 e. The number of hydrogen-bond acceptors (Lipinski definition) is 3. The van der Waals surface area contributed by atoms with Gasteiger partial charge in [0.2, 0.25) is 0 Å². The molecule has 0 aromatic carbocycles. The van der Waals surface area contributed by atoms with Gasteiger partial charge in [0.15, 0.2) is 0 Å². The van der Waals surface area contributed by atoms with Crippen LogP contribution in [0.25, 0.3) is 0 Å². The first-order valence-electron chi connectivity index (χ1n) is 13.5. The fourth-order valence-electron chi connectivity index (χ4n) is 9.19. The van der Waals surface area contributed by atoms with Gasteiger partial charge in [0.1, 0.15) is 0 Å². The van der Waals surface area contributed by atoms with Crippen LogP contribution in [0, 0.1) is 39.9 Å². The van der Waals surface area contributed by atoms with Crippen LogP contribution in [0.4, 0.5) is 0 Å². The molecule has 0 saturated heterocycles. The van der Waals surface area contributed by atoms with E-state index in [-0.39, 0.29) is 46.3 Å². The lowest BCUT2D eigenvalue weighted by molar-refractivity contribution is -0.213. The van der Waals surface area contributed by atoms with Crippen molar-refractivity contribution in [1.29, 1.82) is 0 Å². The minimum atomic E-state index is -0.805. The second-order valence-corrected chi connectivity index (χ2v) is 13.4. The molecule has 3 saturated carbocycles. The van der Waals surface area contributed by atoms with E-state index in [1.807, 2.05) is 6.92 Å². The zero-order valence-corrected chi connectivity index (χ0v) is 22.8. The van der Waals surface area contributed by atoms with Crippen molar-refractivity contribution in [2.75, 3.05) is 0 Å². The van der Waals surface area contributed by atoms with Crippen LogP contribution < -0.4 is 0 Å². The number of carboxylic acids is 1. The lowest BCUT2D eigenvalue weighted by atomic mass is 9.37. The number of hydrogen-bond donors (Lipinski definition) is 3. The highest BCUT2D eigenvalue weighted by molar-refractivity contribution is 5.66. The minimum Gasteiger partial charge on any atom is -0.481 e. The molecule has 3 rings (SSSR count). The molecule has 3 fully saturated rings. The Morgan fingerprint density at radius 3 is 2.29 bits per heavy atom. The molecular formula is C30H50O4. The number of fused-ring (bicyclic) bond motifs is 3. The van der Waals surface area contributed by atoms with Gasteiger partial charge in [-0.3, -0.25) is 4.79 Å². The molecule has 0 spiro atoms. The Bertz CT molecular complexity index is 824. The van der Waals surface area contributed by atoms with E-state index in [0.717, 1.165) is 44.1 Å². The summed E-state index contributed by atoms with van der Waals surface area (Å²) in [5, 5.41) is 32.9. The van der Waals surface area contributed by atoms with Crippen molar-refractivity contribution in [3.63, 3.8) is 0 Å². The summed E-state index contributed by atoms with van der Waals surface area (Å²) < 4.78 is 0. The Morgan fingerprint density at radius 2 is 1.74 bits per heavy atom. The Kier molecular flexibility index (Phi) is 7.58. The lowest BCUT2D eigenvalue weighted by Crippen LogP contribution is -2.63. The highest BCUT2D eigenvalue weighted by Crippen LogP contribution is 2.74. The van der Waals surface area contributed by atoms with E-state index in [0.29, 0.717) is 12.8 Å². The zero-order chi connectivity index (χ0) is 25.7. The molecule has 4 heteroatoms. The van der Waals surface area contributed by atoms with Crippen molar-refractivity contribution in [2.45, 2.75) is 118 Å². The molecule has 3 aliphatic rings. The van der Waals surface area contributed by atoms with Gasteiger partial charge in [0.05, 0.1) is 11.7 Å². The molecule has 3 aliphatic carbocycles. The van der Waals surface area contributed by atoms with Crippen molar-refractivity contribution in [1.82, 2.24) is 0 Å². The van der Waals surface area contributed by atoms with Crippen molar-refractivity contribution in [3.8, 4) is 0 Å². The average molecular weight is 475 g/mol. The number of carbonyl (C=O) groups is 1. The second kappa shape index (κ2) is 9.39. The Balaban J connectivity index is 1.98. The highest BCUT2D eigenvalue weighted by Gasteiger charge is 2.69. The third-order valence-electron chi connectivity index (χ3n) is 11.1. The number of aliphatic hydroxyl groups is 2. The fourth-order valence-corrected chi connectivity index (χ4v) is 9.19. The Morgan fingerprint density at radius 1 is 1.12 bits per heavy atom. The van der Waals surface area contributed by atoms with Crippen molar-refractivity contribution < 1.29 is 20.1 Å². The molecule has 3 N–H and O–H groups in total. The minimum absolute atomic E-state index is 0.000833. The number of aliphatic hydroxyl groups excluding tert-OH is 1. The highest BCUT2D eigenvalue weighted by atomic mass is 16.4. The molecule has 0 aliphatic heterocycles. The van der Waals surface area contributed by atoms with Gasteiger partial charge in [0.25, 0.3) is 0 Å². The summed E-state index contributed by atoms with van der Waals surface area (Å²) in [6, 6.07) is 0. The first-order valence-corrected chi connectivity index (χ1v) is 13.5. The van der Waals surface area contributed by atoms with Crippen LogP contribution in [0.3, 0.4) is 0 Å². The zero-order valence-electron chi connectivity index (χ0n) is 22.8. The first kappa shape index (κ1) is 27.5. The van der Waals surface area contributed by atoms with Crippen LogP contribution in [0.15, 0.2) is 23.8 Å².